The molecule has 0 saturated carbocycles. The molecule has 5 heterocycles. The molecular formula is C25H23F3N8O4. The summed E-state index contributed by atoms with van der Waals surface area (Å²) in [5.41, 5.74) is 0.187. The van der Waals surface area contributed by atoms with Gasteiger partial charge in [0, 0.05) is 24.9 Å². The Morgan fingerprint density at radius 3 is 2.65 bits per heavy atom. The quantitative estimate of drug-likeness (QED) is 0.258. The van der Waals surface area contributed by atoms with Gasteiger partial charge in [0.15, 0.2) is 11.5 Å². The molecule has 15 heteroatoms. The number of carbonyl (C=O) groups excluding carboxylic acids is 2. The fourth-order valence-corrected chi connectivity index (χ4v) is 4.22. The van der Waals surface area contributed by atoms with Crippen molar-refractivity contribution in [1.29, 1.82) is 0 Å². The van der Waals surface area contributed by atoms with Crippen molar-refractivity contribution < 1.29 is 32.4 Å². The molecule has 1 aliphatic heterocycles. The lowest BCUT2D eigenvalue weighted by Gasteiger charge is -2.19. The van der Waals surface area contributed by atoms with E-state index >= 15 is 0 Å². The number of aromatic nitrogens is 5. The average Bonchev–Trinajstić information content (AvgIpc) is 3.50. The van der Waals surface area contributed by atoms with Gasteiger partial charge in [-0.25, -0.2) is 9.97 Å². The Labute approximate surface area is 225 Å². The molecule has 12 nitrogen and oxygen atoms in total. The molecule has 4 aromatic heterocycles. The van der Waals surface area contributed by atoms with Crippen molar-refractivity contribution in [3.63, 3.8) is 0 Å². The first-order valence-corrected chi connectivity index (χ1v) is 12.0. The zero-order chi connectivity index (χ0) is 28.6. The number of halogens is 3. The van der Waals surface area contributed by atoms with E-state index in [-0.39, 0.29) is 37.0 Å². The second kappa shape index (κ2) is 10.4. The summed E-state index contributed by atoms with van der Waals surface area (Å²) >= 11 is 0. The summed E-state index contributed by atoms with van der Waals surface area (Å²) in [6.07, 6.45) is -3.35. The third kappa shape index (κ3) is 5.49. The van der Waals surface area contributed by atoms with Crippen LogP contribution < -0.4 is 10.2 Å². The molecule has 0 spiro atoms. The molecule has 0 saturated heterocycles. The number of pyridine rings is 2. The van der Waals surface area contributed by atoms with E-state index in [4.69, 9.17) is 4.52 Å². The van der Waals surface area contributed by atoms with Gasteiger partial charge < -0.3 is 24.4 Å². The van der Waals surface area contributed by atoms with Crippen LogP contribution in [0.25, 0.3) is 11.3 Å². The lowest BCUT2D eigenvalue weighted by atomic mass is 10.2. The van der Waals surface area contributed by atoms with E-state index < -0.39 is 29.9 Å². The number of likely N-dealkylation sites (N-methyl/N-ethyl adjacent to an activating group) is 1. The van der Waals surface area contributed by atoms with Gasteiger partial charge in [-0.15, -0.1) is 0 Å². The Kier molecular flexibility index (Phi) is 6.97. The van der Waals surface area contributed by atoms with Crippen molar-refractivity contribution in [2.45, 2.75) is 32.4 Å². The standard InChI is InChI=1S/C25H23F3N8O4/c1-14-8-16(33-40-14)10-36-21(38)12-34(2)23-22(24(36)39)35(13-30-23)11-20(37)32-19-5-3-4-17(31-19)15-6-7-18(29-9-15)25(26,27)28/h3-9,13,20,37H,10-12H2,1-2H3,(H,31,32). The number of anilines is 2. The molecule has 4 aromatic rings. The highest BCUT2D eigenvalue weighted by Crippen LogP contribution is 2.29. The smallest absolute Gasteiger partial charge is 0.372 e. The number of hydrogen-bond acceptors (Lipinski definition) is 10. The van der Waals surface area contributed by atoms with Crippen LogP contribution in [-0.4, -0.2) is 66.3 Å². The number of amides is 2. The molecule has 208 valence electrons. The fourth-order valence-electron chi connectivity index (χ4n) is 4.22. The van der Waals surface area contributed by atoms with Crippen molar-refractivity contribution in [2.75, 3.05) is 23.8 Å². The number of rotatable bonds is 7. The van der Waals surface area contributed by atoms with Crippen molar-refractivity contribution in [3.8, 4) is 11.3 Å². The number of imidazole rings is 1. The third-order valence-corrected chi connectivity index (χ3v) is 6.08. The first kappa shape index (κ1) is 26.8. The van der Waals surface area contributed by atoms with Gasteiger partial charge in [0.25, 0.3) is 5.91 Å². The second-order valence-electron chi connectivity index (χ2n) is 9.14. The number of imide groups is 1. The van der Waals surface area contributed by atoms with Crippen LogP contribution in [0.4, 0.5) is 24.8 Å². The molecule has 2 amide bonds. The maximum absolute atomic E-state index is 13.5. The van der Waals surface area contributed by atoms with E-state index in [1.807, 2.05) is 0 Å². The summed E-state index contributed by atoms with van der Waals surface area (Å²) in [6, 6.07) is 8.53. The third-order valence-electron chi connectivity index (χ3n) is 6.08. The van der Waals surface area contributed by atoms with Gasteiger partial charge in [-0.05, 0) is 31.2 Å². The number of nitrogens with one attached hydrogen (secondary N) is 1. The van der Waals surface area contributed by atoms with E-state index in [1.54, 1.807) is 43.1 Å². The monoisotopic (exact) mass is 556 g/mol. The largest absolute Gasteiger partial charge is 0.433 e. The van der Waals surface area contributed by atoms with Crippen molar-refractivity contribution >= 4 is 23.5 Å². The summed E-state index contributed by atoms with van der Waals surface area (Å²) in [5, 5.41) is 17.4. The highest BCUT2D eigenvalue weighted by atomic mass is 19.4. The number of aliphatic hydroxyl groups excluding tert-OH is 1. The van der Waals surface area contributed by atoms with Gasteiger partial charge >= 0.3 is 6.18 Å². The van der Waals surface area contributed by atoms with Crippen molar-refractivity contribution in [3.05, 3.63) is 71.8 Å². The molecule has 0 aromatic carbocycles. The molecule has 1 atom stereocenters. The zero-order valence-electron chi connectivity index (χ0n) is 21.3. The summed E-state index contributed by atoms with van der Waals surface area (Å²) < 4.78 is 45.0. The Morgan fingerprint density at radius 1 is 1.18 bits per heavy atom. The average molecular weight is 557 g/mol. The first-order valence-electron chi connectivity index (χ1n) is 12.0. The van der Waals surface area contributed by atoms with Crippen LogP contribution in [0.2, 0.25) is 0 Å². The highest BCUT2D eigenvalue weighted by molar-refractivity contribution is 6.09. The van der Waals surface area contributed by atoms with Crippen LogP contribution >= 0.6 is 0 Å². The Bertz CT molecular complexity index is 1550. The molecule has 2 N–H and O–H groups in total. The maximum atomic E-state index is 13.5. The van der Waals surface area contributed by atoms with Crippen molar-refractivity contribution in [1.82, 2.24) is 29.6 Å². The van der Waals surface area contributed by atoms with Gasteiger partial charge in [-0.1, -0.05) is 11.2 Å². The normalized spacial score (nSPS) is 14.8. The van der Waals surface area contributed by atoms with Gasteiger partial charge in [-0.3, -0.25) is 19.5 Å². The van der Waals surface area contributed by atoms with Crippen LogP contribution in [0.5, 0.6) is 0 Å². The van der Waals surface area contributed by atoms with Crippen molar-refractivity contribution in [2.24, 2.45) is 0 Å². The lowest BCUT2D eigenvalue weighted by Crippen LogP contribution is -2.40. The molecule has 0 radical (unpaired) electrons. The Balaban J connectivity index is 1.33. The van der Waals surface area contributed by atoms with E-state index in [0.29, 0.717) is 22.7 Å². The minimum absolute atomic E-state index is 0.0935. The van der Waals surface area contributed by atoms with E-state index in [1.165, 1.54) is 17.0 Å². The molecule has 0 aliphatic carbocycles. The molecule has 40 heavy (non-hydrogen) atoms. The number of aliphatic hydroxyl groups is 1. The lowest BCUT2D eigenvalue weighted by molar-refractivity contribution is -0.141. The Morgan fingerprint density at radius 2 is 1.98 bits per heavy atom. The molecule has 5 rings (SSSR count). The number of carbonyl (C=O) groups is 2. The van der Waals surface area contributed by atoms with Crippen LogP contribution in [0.3, 0.4) is 0 Å². The summed E-state index contributed by atoms with van der Waals surface area (Å²) in [5.74, 6) is -0.00845. The number of aryl methyl sites for hydroxylation is 1. The molecule has 1 aliphatic rings. The number of hydrogen-bond donors (Lipinski definition) is 2. The second-order valence-corrected chi connectivity index (χ2v) is 9.14. The van der Waals surface area contributed by atoms with Crippen LogP contribution in [-0.2, 0) is 24.1 Å². The molecule has 1 unspecified atom stereocenters. The number of alkyl halides is 3. The minimum Gasteiger partial charge on any atom is -0.372 e. The highest BCUT2D eigenvalue weighted by Gasteiger charge is 2.35. The minimum atomic E-state index is -4.55. The van der Waals surface area contributed by atoms with Gasteiger partial charge in [0.2, 0.25) is 5.91 Å². The summed E-state index contributed by atoms with van der Waals surface area (Å²) in [4.78, 5) is 41.0. The SMILES string of the molecule is Cc1cc(CN2C(=O)CN(C)c3ncn(CC(O)Nc4cccc(-c5ccc(C(F)(F)F)nc5)n4)c3C2=O)no1. The molecular weight excluding hydrogens is 533 g/mol. The van der Waals surface area contributed by atoms with Gasteiger partial charge in [0.1, 0.15) is 29.2 Å². The first-order chi connectivity index (χ1) is 19.0. The zero-order valence-corrected chi connectivity index (χ0v) is 21.3. The predicted octanol–water partition coefficient (Wildman–Crippen LogP) is 2.70. The van der Waals surface area contributed by atoms with Crippen LogP contribution in [0, 0.1) is 6.92 Å². The number of fused-ring (bicyclic) bond motifs is 1. The maximum Gasteiger partial charge on any atom is 0.433 e. The summed E-state index contributed by atoms with van der Waals surface area (Å²) in [6.45, 7) is 1.37. The van der Waals surface area contributed by atoms with Crippen LogP contribution in [0.15, 0.2) is 53.4 Å². The van der Waals surface area contributed by atoms with E-state index in [9.17, 15) is 27.9 Å². The van der Waals surface area contributed by atoms with Gasteiger partial charge in [-0.2, -0.15) is 13.2 Å². The van der Waals surface area contributed by atoms with E-state index in [2.05, 4.69) is 25.4 Å². The topological polar surface area (TPSA) is 143 Å². The molecule has 0 bridgehead atoms. The van der Waals surface area contributed by atoms with Crippen LogP contribution in [0.1, 0.15) is 27.6 Å². The predicted molar refractivity (Wildman–Crippen MR) is 134 cm³/mol. The van der Waals surface area contributed by atoms with E-state index in [0.717, 1.165) is 17.2 Å². The summed E-state index contributed by atoms with van der Waals surface area (Å²) in [7, 11) is 1.63. The number of nitrogens with zero attached hydrogens (tertiary/aromatic N) is 7. The fraction of sp³-hybridized carbons (Fsp3) is 0.280. The van der Waals surface area contributed by atoms with Gasteiger partial charge in [0.05, 0.1) is 31.7 Å². The Hall–Kier alpha value is -4.79. The molecule has 0 fully saturated rings.